The first-order valence-corrected chi connectivity index (χ1v) is 14.0. The van der Waals surface area contributed by atoms with E-state index in [2.05, 4.69) is 8.80 Å². The number of hydrogen-bond acceptors (Lipinski definition) is 4. The fourth-order valence-corrected chi connectivity index (χ4v) is 6.29. The first-order chi connectivity index (χ1) is 16.0. The van der Waals surface area contributed by atoms with Crippen molar-refractivity contribution in [3.8, 4) is 0 Å². The topological polar surface area (TPSA) is 93.0 Å². The van der Waals surface area contributed by atoms with Gasteiger partial charge in [-0.1, -0.05) is 59.7 Å². The van der Waals surface area contributed by atoms with Crippen molar-refractivity contribution in [1.29, 1.82) is 0 Å². The van der Waals surface area contributed by atoms with Gasteiger partial charge in [0.15, 0.2) is 0 Å². The highest BCUT2D eigenvalue weighted by Crippen LogP contribution is 2.32. The highest BCUT2D eigenvalue weighted by Gasteiger charge is 2.38. The quantitative estimate of drug-likeness (QED) is 0.445. The lowest BCUT2D eigenvalue weighted by atomic mass is 9.88. The maximum absolute atomic E-state index is 13.0. The summed E-state index contributed by atoms with van der Waals surface area (Å²) in [7, 11) is -8.18. The van der Waals surface area contributed by atoms with Crippen molar-refractivity contribution >= 4 is 54.7 Å². The van der Waals surface area contributed by atoms with Crippen molar-refractivity contribution in [3.63, 3.8) is 0 Å². The number of nitrogens with zero attached hydrogens (tertiary/aromatic N) is 2. The second-order valence-corrected chi connectivity index (χ2v) is 12.0. The van der Waals surface area contributed by atoms with Crippen molar-refractivity contribution in [2.45, 2.75) is 34.4 Å². The van der Waals surface area contributed by atoms with Gasteiger partial charge in [0.1, 0.15) is 0 Å². The molecule has 4 rings (SSSR count). The molecule has 1 aliphatic rings. The van der Waals surface area contributed by atoms with Crippen LogP contribution < -0.4 is 0 Å². The zero-order valence-corrected chi connectivity index (χ0v) is 21.3. The Morgan fingerprint density at radius 2 is 0.912 bits per heavy atom. The van der Waals surface area contributed by atoms with Gasteiger partial charge in [-0.15, -0.1) is 23.2 Å². The van der Waals surface area contributed by atoms with Gasteiger partial charge >= 0.3 is 0 Å². The molecule has 6 nitrogen and oxygen atoms in total. The minimum atomic E-state index is -4.09. The predicted octanol–water partition coefficient (Wildman–Crippen LogP) is 4.89. The molecule has 1 aliphatic carbocycles. The Labute approximate surface area is 209 Å². The van der Waals surface area contributed by atoms with Crippen LogP contribution in [0.4, 0.5) is 0 Å². The Bertz CT molecular complexity index is 1400. The van der Waals surface area contributed by atoms with E-state index in [0.29, 0.717) is 11.1 Å². The third-order valence-corrected chi connectivity index (χ3v) is 8.99. The maximum Gasteiger partial charge on any atom is 0.282 e. The van der Waals surface area contributed by atoms with Crippen LogP contribution in [0.1, 0.15) is 22.3 Å². The van der Waals surface area contributed by atoms with Crippen LogP contribution in [0.15, 0.2) is 91.4 Å². The monoisotopic (exact) mass is 534 g/mol. The van der Waals surface area contributed by atoms with E-state index < -0.39 is 30.8 Å². The molecule has 0 amide bonds. The molecule has 34 heavy (non-hydrogen) atoms. The molecule has 10 heteroatoms. The first kappa shape index (κ1) is 24.6. The molecule has 0 N–H and O–H groups in total. The van der Waals surface area contributed by atoms with E-state index in [4.69, 9.17) is 23.2 Å². The molecule has 3 aromatic carbocycles. The number of benzene rings is 3. The Balaban J connectivity index is 1.85. The fraction of sp³-hybridized carbons (Fsp3) is 0.167. The van der Waals surface area contributed by atoms with Crippen LogP contribution in [-0.2, 0) is 20.0 Å². The van der Waals surface area contributed by atoms with Gasteiger partial charge in [-0.05, 0) is 38.1 Å². The lowest BCUT2D eigenvalue weighted by molar-refractivity contribution is 0.596. The second kappa shape index (κ2) is 9.26. The van der Waals surface area contributed by atoms with Gasteiger partial charge < -0.3 is 0 Å². The van der Waals surface area contributed by atoms with Gasteiger partial charge in [0.05, 0.1) is 32.0 Å². The largest absolute Gasteiger partial charge is 0.282 e. The van der Waals surface area contributed by atoms with E-state index in [1.807, 2.05) is 13.8 Å². The van der Waals surface area contributed by atoms with Crippen LogP contribution in [0.3, 0.4) is 0 Å². The average molecular weight is 535 g/mol. The highest BCUT2D eigenvalue weighted by atomic mass is 35.5. The van der Waals surface area contributed by atoms with Crippen molar-refractivity contribution in [2.75, 3.05) is 0 Å². The summed E-state index contributed by atoms with van der Waals surface area (Å²) < 4.78 is 59.9. The minimum Gasteiger partial charge on any atom is -0.199 e. The van der Waals surface area contributed by atoms with Gasteiger partial charge in [0, 0.05) is 11.1 Å². The number of sulfonamides is 2. The molecular weight excluding hydrogens is 515 g/mol. The van der Waals surface area contributed by atoms with Crippen molar-refractivity contribution in [3.05, 3.63) is 95.1 Å². The Kier molecular flexibility index (Phi) is 6.70. The minimum absolute atomic E-state index is 0.0134. The Morgan fingerprint density at radius 3 is 1.24 bits per heavy atom. The van der Waals surface area contributed by atoms with E-state index in [1.54, 1.807) is 48.5 Å². The van der Waals surface area contributed by atoms with Crippen molar-refractivity contribution in [1.82, 2.24) is 0 Å². The van der Waals surface area contributed by atoms with Crippen molar-refractivity contribution in [2.24, 2.45) is 8.80 Å². The summed E-state index contributed by atoms with van der Waals surface area (Å²) >= 11 is 13.1. The van der Waals surface area contributed by atoms with E-state index >= 15 is 0 Å². The summed E-state index contributed by atoms with van der Waals surface area (Å²) in [6, 6.07) is 19.1. The molecule has 2 unspecified atom stereocenters. The van der Waals surface area contributed by atoms with Crippen LogP contribution >= 0.6 is 23.2 Å². The molecular formula is C24H20Cl2N2O4S2. The third-order valence-electron chi connectivity index (χ3n) is 5.33. The summed E-state index contributed by atoms with van der Waals surface area (Å²) in [5, 5.41) is -2.27. The molecule has 0 fully saturated rings. The van der Waals surface area contributed by atoms with E-state index in [9.17, 15) is 16.8 Å². The van der Waals surface area contributed by atoms with Gasteiger partial charge in [-0.3, -0.25) is 0 Å². The molecule has 0 saturated heterocycles. The molecule has 2 atom stereocenters. The zero-order valence-electron chi connectivity index (χ0n) is 18.2. The number of halogens is 2. The normalized spacial score (nSPS) is 20.9. The number of aryl methyl sites for hydroxylation is 2. The standard InChI is InChI=1S/C24H20Cl2N2O4S2/c1-15-7-11-17(12-8-15)33(29,30)27-23-19-5-3-4-6-20(19)24(22(26)21(23)25)28-34(31,32)18-13-9-16(2)10-14-18/h3-14,21-22H,1-2H3/b27-23-,28-24-. The summed E-state index contributed by atoms with van der Waals surface area (Å²) in [5.41, 5.74) is 2.58. The fourth-order valence-electron chi connectivity index (χ4n) is 3.49. The molecule has 0 heterocycles. The van der Waals surface area contributed by atoms with Crippen LogP contribution in [0.2, 0.25) is 0 Å². The van der Waals surface area contributed by atoms with E-state index in [1.165, 1.54) is 24.3 Å². The summed E-state index contributed by atoms with van der Waals surface area (Å²) in [5.74, 6) is 0. The van der Waals surface area contributed by atoms with Crippen LogP contribution in [0, 0.1) is 13.8 Å². The lowest BCUT2D eigenvalue weighted by Gasteiger charge is -2.28. The summed E-state index contributed by atoms with van der Waals surface area (Å²) in [6.07, 6.45) is 0. The van der Waals surface area contributed by atoms with Crippen LogP contribution in [0.25, 0.3) is 0 Å². The number of alkyl halides is 2. The van der Waals surface area contributed by atoms with E-state index in [0.717, 1.165) is 11.1 Å². The lowest BCUT2D eigenvalue weighted by Crippen LogP contribution is -2.40. The highest BCUT2D eigenvalue weighted by molar-refractivity contribution is 7.90. The van der Waals surface area contributed by atoms with Gasteiger partial charge in [-0.25, -0.2) is 0 Å². The molecule has 0 spiro atoms. The molecule has 0 aliphatic heterocycles. The summed E-state index contributed by atoms with van der Waals surface area (Å²) in [4.78, 5) is 0.0268. The molecule has 3 aromatic rings. The average Bonchev–Trinajstić information content (AvgIpc) is 2.80. The Hall–Kier alpha value is -2.52. The number of fused-ring (bicyclic) bond motifs is 1. The van der Waals surface area contributed by atoms with Crippen LogP contribution in [-0.4, -0.2) is 39.0 Å². The van der Waals surface area contributed by atoms with Crippen LogP contribution in [0.5, 0.6) is 0 Å². The molecule has 0 radical (unpaired) electrons. The van der Waals surface area contributed by atoms with E-state index in [-0.39, 0.29) is 21.2 Å². The summed E-state index contributed by atoms with van der Waals surface area (Å²) in [6.45, 7) is 3.69. The number of hydrogen-bond donors (Lipinski definition) is 0. The predicted molar refractivity (Wildman–Crippen MR) is 136 cm³/mol. The molecule has 0 aromatic heterocycles. The van der Waals surface area contributed by atoms with Crippen molar-refractivity contribution < 1.29 is 16.8 Å². The Morgan fingerprint density at radius 1 is 0.588 bits per heavy atom. The molecule has 0 saturated carbocycles. The van der Waals surface area contributed by atoms with Gasteiger partial charge in [0.25, 0.3) is 20.0 Å². The molecule has 0 bridgehead atoms. The third kappa shape index (κ3) is 4.81. The zero-order chi connectivity index (χ0) is 24.7. The smallest absolute Gasteiger partial charge is 0.199 e. The maximum atomic E-state index is 13.0. The SMILES string of the molecule is Cc1ccc(S(=O)(=O)/N=C2/c3ccccc3/C(=N/S(=O)(=O)c3ccc(C)cc3)C(Cl)C2Cl)cc1. The second-order valence-electron chi connectivity index (χ2n) is 7.88. The molecule has 176 valence electrons. The number of rotatable bonds is 4. The first-order valence-electron chi connectivity index (χ1n) is 10.2. The van der Waals surface area contributed by atoms with Gasteiger partial charge in [0.2, 0.25) is 0 Å². The van der Waals surface area contributed by atoms with Gasteiger partial charge in [-0.2, -0.15) is 25.6 Å².